The van der Waals surface area contributed by atoms with E-state index in [1.165, 1.54) is 0 Å². The second-order valence-corrected chi connectivity index (χ2v) is 6.90. The number of amides is 1. The van der Waals surface area contributed by atoms with Crippen molar-refractivity contribution < 1.29 is 15.0 Å². The van der Waals surface area contributed by atoms with Crippen molar-refractivity contribution in [2.75, 3.05) is 31.1 Å². The van der Waals surface area contributed by atoms with Gasteiger partial charge >= 0.3 is 0 Å². The highest BCUT2D eigenvalue weighted by Gasteiger charge is 2.23. The Kier molecular flexibility index (Phi) is 5.65. The van der Waals surface area contributed by atoms with Gasteiger partial charge in [-0.25, -0.2) is 0 Å². The SMILES string of the molecule is CCN(CC(C)(C)O)C(=O)c1ccc(N2CCC(O)CC2)cc1. The molecular formula is C18H28N2O3. The molecule has 0 radical (unpaired) electrons. The predicted octanol–water partition coefficient (Wildman–Crippen LogP) is 1.88. The van der Waals surface area contributed by atoms with Crippen LogP contribution in [0, 0.1) is 0 Å². The Hall–Kier alpha value is -1.59. The number of anilines is 1. The van der Waals surface area contributed by atoms with Crippen molar-refractivity contribution in [2.24, 2.45) is 0 Å². The van der Waals surface area contributed by atoms with Gasteiger partial charge in [0.25, 0.3) is 5.91 Å². The van der Waals surface area contributed by atoms with E-state index in [1.54, 1.807) is 18.7 Å². The molecule has 0 unspecified atom stereocenters. The van der Waals surface area contributed by atoms with Gasteiger partial charge in [0.1, 0.15) is 0 Å². The minimum absolute atomic E-state index is 0.0600. The zero-order chi connectivity index (χ0) is 17.0. The Morgan fingerprint density at radius 3 is 2.30 bits per heavy atom. The maximum Gasteiger partial charge on any atom is 0.253 e. The van der Waals surface area contributed by atoms with Crippen molar-refractivity contribution in [3.8, 4) is 0 Å². The highest BCUT2D eigenvalue weighted by molar-refractivity contribution is 5.94. The summed E-state index contributed by atoms with van der Waals surface area (Å²) in [6, 6.07) is 7.61. The normalized spacial score (nSPS) is 16.5. The van der Waals surface area contributed by atoms with Gasteiger partial charge in [0.2, 0.25) is 0 Å². The summed E-state index contributed by atoms with van der Waals surface area (Å²) in [6.07, 6.45) is 1.39. The topological polar surface area (TPSA) is 64.0 Å². The van der Waals surface area contributed by atoms with Gasteiger partial charge in [0.05, 0.1) is 11.7 Å². The van der Waals surface area contributed by atoms with Crippen LogP contribution in [0.3, 0.4) is 0 Å². The fraction of sp³-hybridized carbons (Fsp3) is 0.611. The molecule has 128 valence electrons. The van der Waals surface area contributed by atoms with Gasteiger partial charge in [-0.1, -0.05) is 0 Å². The Morgan fingerprint density at radius 2 is 1.83 bits per heavy atom. The van der Waals surface area contributed by atoms with E-state index < -0.39 is 5.60 Å². The van der Waals surface area contributed by atoms with E-state index in [-0.39, 0.29) is 12.0 Å². The zero-order valence-electron chi connectivity index (χ0n) is 14.3. The second kappa shape index (κ2) is 7.32. The first kappa shape index (κ1) is 17.8. The van der Waals surface area contributed by atoms with Crippen LogP contribution in [0.15, 0.2) is 24.3 Å². The number of hydrogen-bond donors (Lipinski definition) is 2. The van der Waals surface area contributed by atoms with Crippen LogP contribution in [-0.4, -0.2) is 58.9 Å². The number of piperidine rings is 1. The lowest BCUT2D eigenvalue weighted by Gasteiger charge is -2.31. The lowest BCUT2D eigenvalue weighted by molar-refractivity contribution is 0.0314. The van der Waals surface area contributed by atoms with Gasteiger partial charge in [0, 0.05) is 37.4 Å². The van der Waals surface area contributed by atoms with Gasteiger partial charge in [-0.3, -0.25) is 4.79 Å². The van der Waals surface area contributed by atoms with Crippen molar-refractivity contribution in [1.29, 1.82) is 0 Å². The first-order valence-corrected chi connectivity index (χ1v) is 8.35. The summed E-state index contributed by atoms with van der Waals surface area (Å²) in [4.78, 5) is 16.4. The van der Waals surface area contributed by atoms with E-state index in [0.29, 0.717) is 18.7 Å². The quantitative estimate of drug-likeness (QED) is 0.869. The molecule has 5 heteroatoms. The number of nitrogens with zero attached hydrogens (tertiary/aromatic N) is 2. The number of aliphatic hydroxyl groups excluding tert-OH is 1. The Labute approximate surface area is 138 Å². The van der Waals surface area contributed by atoms with Gasteiger partial charge in [-0.15, -0.1) is 0 Å². The summed E-state index contributed by atoms with van der Waals surface area (Å²) >= 11 is 0. The molecule has 0 spiro atoms. The minimum Gasteiger partial charge on any atom is -0.393 e. The van der Waals surface area contributed by atoms with Crippen molar-refractivity contribution >= 4 is 11.6 Å². The molecule has 1 aliphatic rings. The number of benzene rings is 1. The molecule has 0 saturated carbocycles. The fourth-order valence-corrected chi connectivity index (χ4v) is 2.92. The van der Waals surface area contributed by atoms with Gasteiger partial charge in [-0.2, -0.15) is 0 Å². The molecule has 0 atom stereocenters. The lowest BCUT2D eigenvalue weighted by Crippen LogP contribution is -2.42. The molecule has 2 rings (SSSR count). The molecule has 0 bridgehead atoms. The van der Waals surface area contributed by atoms with E-state index in [0.717, 1.165) is 31.6 Å². The summed E-state index contributed by atoms with van der Waals surface area (Å²) in [7, 11) is 0. The molecule has 1 fully saturated rings. The largest absolute Gasteiger partial charge is 0.393 e. The third-order valence-electron chi connectivity index (χ3n) is 4.19. The van der Waals surface area contributed by atoms with Crippen LogP contribution in [0.1, 0.15) is 44.0 Å². The number of aliphatic hydroxyl groups is 2. The van der Waals surface area contributed by atoms with E-state index in [2.05, 4.69) is 4.90 Å². The zero-order valence-corrected chi connectivity index (χ0v) is 14.3. The first-order chi connectivity index (χ1) is 10.8. The average Bonchev–Trinajstić information content (AvgIpc) is 2.52. The monoisotopic (exact) mass is 320 g/mol. The maximum atomic E-state index is 12.6. The predicted molar refractivity (Wildman–Crippen MR) is 91.8 cm³/mol. The van der Waals surface area contributed by atoms with Crippen molar-refractivity contribution in [1.82, 2.24) is 4.90 Å². The molecule has 5 nitrogen and oxygen atoms in total. The Morgan fingerprint density at radius 1 is 1.26 bits per heavy atom. The summed E-state index contributed by atoms with van der Waals surface area (Å²) in [5, 5.41) is 19.5. The second-order valence-electron chi connectivity index (χ2n) is 6.90. The van der Waals surface area contributed by atoms with Gasteiger partial charge in [0.15, 0.2) is 0 Å². The molecule has 1 amide bonds. The standard InChI is InChI=1S/C18H28N2O3/c1-4-19(13-18(2,3)23)17(22)14-5-7-15(8-6-14)20-11-9-16(21)10-12-20/h5-8,16,21,23H,4,9-13H2,1-3H3. The summed E-state index contributed by atoms with van der Waals surface area (Å²) in [5.74, 6) is -0.0600. The number of carbonyl (C=O) groups is 1. The molecule has 1 aromatic carbocycles. The van der Waals surface area contributed by atoms with Crippen molar-refractivity contribution in [3.05, 3.63) is 29.8 Å². The highest BCUT2D eigenvalue weighted by Crippen LogP contribution is 2.21. The van der Waals surface area contributed by atoms with Crippen molar-refractivity contribution in [3.63, 3.8) is 0 Å². The molecule has 0 aromatic heterocycles. The fourth-order valence-electron chi connectivity index (χ4n) is 2.92. The number of rotatable bonds is 5. The third kappa shape index (κ3) is 4.94. The summed E-state index contributed by atoms with van der Waals surface area (Å²) in [5.41, 5.74) is 0.816. The number of likely N-dealkylation sites (N-methyl/N-ethyl adjacent to an activating group) is 1. The highest BCUT2D eigenvalue weighted by atomic mass is 16.3. The molecule has 1 heterocycles. The third-order valence-corrected chi connectivity index (χ3v) is 4.19. The Bertz CT molecular complexity index is 514. The smallest absolute Gasteiger partial charge is 0.253 e. The van der Waals surface area contributed by atoms with Crippen LogP contribution in [0.2, 0.25) is 0 Å². The molecule has 1 aliphatic heterocycles. The first-order valence-electron chi connectivity index (χ1n) is 8.35. The molecule has 2 N–H and O–H groups in total. The number of carbonyl (C=O) groups excluding carboxylic acids is 1. The van der Waals surface area contributed by atoms with Crippen molar-refractivity contribution in [2.45, 2.75) is 45.3 Å². The molecule has 23 heavy (non-hydrogen) atoms. The van der Waals surface area contributed by atoms with Gasteiger partial charge < -0.3 is 20.0 Å². The van der Waals surface area contributed by atoms with Crippen LogP contribution < -0.4 is 4.90 Å². The van der Waals surface area contributed by atoms with E-state index in [9.17, 15) is 15.0 Å². The van der Waals surface area contributed by atoms with E-state index in [4.69, 9.17) is 0 Å². The summed E-state index contributed by atoms with van der Waals surface area (Å²) < 4.78 is 0. The maximum absolute atomic E-state index is 12.6. The van der Waals surface area contributed by atoms with Crippen LogP contribution in [0.25, 0.3) is 0 Å². The lowest BCUT2D eigenvalue weighted by atomic mass is 10.1. The molecular weight excluding hydrogens is 292 g/mol. The molecule has 0 aliphatic carbocycles. The van der Waals surface area contributed by atoms with E-state index >= 15 is 0 Å². The van der Waals surface area contributed by atoms with Crippen LogP contribution >= 0.6 is 0 Å². The van der Waals surface area contributed by atoms with Crippen LogP contribution in [-0.2, 0) is 0 Å². The Balaban J connectivity index is 2.04. The molecule has 1 saturated heterocycles. The minimum atomic E-state index is -0.903. The molecule has 1 aromatic rings. The number of hydrogen-bond acceptors (Lipinski definition) is 4. The van der Waals surface area contributed by atoms with Crippen LogP contribution in [0.4, 0.5) is 5.69 Å². The average molecular weight is 320 g/mol. The van der Waals surface area contributed by atoms with Gasteiger partial charge in [-0.05, 0) is 57.9 Å². The van der Waals surface area contributed by atoms with E-state index in [1.807, 2.05) is 31.2 Å². The summed E-state index contributed by atoms with van der Waals surface area (Å²) in [6.45, 7) is 7.88. The van der Waals surface area contributed by atoms with Crippen LogP contribution in [0.5, 0.6) is 0 Å².